The Labute approximate surface area is 180 Å². The summed E-state index contributed by atoms with van der Waals surface area (Å²) in [6.45, 7) is 8.48. The average Bonchev–Trinajstić information content (AvgIpc) is 3.20. The van der Waals surface area contributed by atoms with Crippen molar-refractivity contribution >= 4 is 33.1 Å². The van der Waals surface area contributed by atoms with E-state index in [-0.39, 0.29) is 29.5 Å². The zero-order chi connectivity index (χ0) is 21.3. The molecule has 3 aromatic rings. The predicted molar refractivity (Wildman–Crippen MR) is 122 cm³/mol. The Morgan fingerprint density at radius 2 is 1.87 bits per heavy atom. The molecule has 0 radical (unpaired) electrons. The van der Waals surface area contributed by atoms with Crippen molar-refractivity contribution in [2.75, 3.05) is 18.0 Å². The van der Waals surface area contributed by atoms with Crippen LogP contribution < -0.4 is 15.8 Å². The van der Waals surface area contributed by atoms with Crippen molar-refractivity contribution in [2.45, 2.75) is 51.6 Å². The molecule has 158 valence electrons. The van der Waals surface area contributed by atoms with Crippen LogP contribution in [-0.2, 0) is 16.8 Å². The summed E-state index contributed by atoms with van der Waals surface area (Å²) in [5, 5.41) is 5.50. The second-order valence-electron chi connectivity index (χ2n) is 8.94. The molecule has 1 aliphatic rings. The summed E-state index contributed by atoms with van der Waals surface area (Å²) in [6, 6.07) is 10.7. The van der Waals surface area contributed by atoms with Gasteiger partial charge in [-0.2, -0.15) is 0 Å². The van der Waals surface area contributed by atoms with E-state index in [1.807, 2.05) is 5.38 Å². The fraction of sp³-hybridized carbons (Fsp3) is 0.435. The third kappa shape index (κ3) is 4.41. The molecule has 0 aliphatic carbocycles. The van der Waals surface area contributed by atoms with Gasteiger partial charge in [0.25, 0.3) is 5.56 Å². The molecular formula is C23H28N4O2S. The number of carbonyl (C=O) groups is 1. The van der Waals surface area contributed by atoms with Gasteiger partial charge in [-0.15, -0.1) is 11.3 Å². The Morgan fingerprint density at radius 1 is 1.17 bits per heavy atom. The molecule has 0 saturated carbocycles. The molecule has 1 aliphatic heterocycles. The van der Waals surface area contributed by atoms with Gasteiger partial charge in [-0.05, 0) is 47.4 Å². The van der Waals surface area contributed by atoms with Crippen molar-refractivity contribution in [1.82, 2.24) is 14.9 Å². The maximum Gasteiger partial charge on any atom is 0.262 e. The Bertz CT molecular complexity index is 1090. The minimum atomic E-state index is -0.162. The van der Waals surface area contributed by atoms with Crippen molar-refractivity contribution in [3.05, 3.63) is 58.0 Å². The van der Waals surface area contributed by atoms with Crippen molar-refractivity contribution in [2.24, 2.45) is 0 Å². The van der Waals surface area contributed by atoms with Crippen LogP contribution in [0, 0.1) is 0 Å². The van der Waals surface area contributed by atoms with Gasteiger partial charge in [-0.25, -0.2) is 4.98 Å². The monoisotopic (exact) mass is 424 g/mol. The lowest BCUT2D eigenvalue weighted by molar-refractivity contribution is -0.122. The Balaban J connectivity index is 1.31. The van der Waals surface area contributed by atoms with Crippen molar-refractivity contribution < 1.29 is 4.79 Å². The van der Waals surface area contributed by atoms with E-state index in [2.05, 4.69) is 60.2 Å². The molecule has 7 heteroatoms. The first-order chi connectivity index (χ1) is 14.3. The maximum absolute atomic E-state index is 12.5. The van der Waals surface area contributed by atoms with Gasteiger partial charge in [0.05, 0.1) is 11.7 Å². The number of carbonyl (C=O) groups excluding carboxylic acids is 1. The van der Waals surface area contributed by atoms with E-state index in [0.29, 0.717) is 10.2 Å². The first kappa shape index (κ1) is 20.6. The van der Waals surface area contributed by atoms with Gasteiger partial charge in [0.15, 0.2) is 0 Å². The number of thiophene rings is 1. The van der Waals surface area contributed by atoms with Gasteiger partial charge in [0, 0.05) is 24.8 Å². The molecule has 1 aromatic carbocycles. The number of anilines is 1. The van der Waals surface area contributed by atoms with Crippen LogP contribution >= 0.6 is 11.3 Å². The summed E-state index contributed by atoms with van der Waals surface area (Å²) in [7, 11) is 0. The number of benzene rings is 1. The molecular weight excluding hydrogens is 396 g/mol. The average molecular weight is 425 g/mol. The molecule has 3 heterocycles. The van der Waals surface area contributed by atoms with Crippen molar-refractivity contribution in [1.29, 1.82) is 0 Å². The minimum absolute atomic E-state index is 0.00605. The lowest BCUT2D eigenvalue weighted by Crippen LogP contribution is -2.46. The molecule has 2 aromatic heterocycles. The molecule has 0 bridgehead atoms. The first-order valence-electron chi connectivity index (χ1n) is 10.4. The molecule has 1 amide bonds. The van der Waals surface area contributed by atoms with Crippen LogP contribution in [0.1, 0.15) is 39.2 Å². The first-order valence-corrected chi connectivity index (χ1v) is 11.3. The third-order valence-electron chi connectivity index (χ3n) is 5.72. The van der Waals surface area contributed by atoms with Crippen LogP contribution in [0.15, 0.2) is 46.8 Å². The predicted octanol–water partition coefficient (Wildman–Crippen LogP) is 3.54. The lowest BCUT2D eigenvalue weighted by Gasteiger charge is -2.34. The van der Waals surface area contributed by atoms with E-state index in [0.717, 1.165) is 25.9 Å². The topological polar surface area (TPSA) is 67.2 Å². The van der Waals surface area contributed by atoms with E-state index in [1.165, 1.54) is 33.5 Å². The van der Waals surface area contributed by atoms with Crippen LogP contribution in [0.5, 0.6) is 0 Å². The van der Waals surface area contributed by atoms with Crippen molar-refractivity contribution in [3.8, 4) is 0 Å². The van der Waals surface area contributed by atoms with Crippen LogP contribution in [0.25, 0.3) is 10.2 Å². The smallest absolute Gasteiger partial charge is 0.262 e. The largest absolute Gasteiger partial charge is 0.371 e. The minimum Gasteiger partial charge on any atom is -0.371 e. The number of nitrogens with zero attached hydrogens (tertiary/aromatic N) is 3. The molecule has 1 N–H and O–H groups in total. The number of hydrogen-bond acceptors (Lipinski definition) is 5. The van der Waals surface area contributed by atoms with Gasteiger partial charge >= 0.3 is 0 Å². The van der Waals surface area contributed by atoms with E-state index in [9.17, 15) is 9.59 Å². The summed E-state index contributed by atoms with van der Waals surface area (Å²) in [5.41, 5.74) is 2.56. The number of rotatable bonds is 4. The number of fused-ring (bicyclic) bond motifs is 1. The summed E-state index contributed by atoms with van der Waals surface area (Å²) in [4.78, 5) is 32.3. The van der Waals surface area contributed by atoms with E-state index in [1.54, 1.807) is 6.07 Å². The van der Waals surface area contributed by atoms with Crippen LogP contribution in [0.2, 0.25) is 0 Å². The molecule has 0 atom stereocenters. The Morgan fingerprint density at radius 3 is 2.53 bits per heavy atom. The van der Waals surface area contributed by atoms with Crippen molar-refractivity contribution in [3.63, 3.8) is 0 Å². The lowest BCUT2D eigenvalue weighted by atomic mass is 9.87. The van der Waals surface area contributed by atoms with Crippen LogP contribution in [0.4, 0.5) is 5.69 Å². The van der Waals surface area contributed by atoms with Crippen LogP contribution in [0.3, 0.4) is 0 Å². The van der Waals surface area contributed by atoms with Gasteiger partial charge in [-0.1, -0.05) is 32.9 Å². The van der Waals surface area contributed by atoms with Gasteiger partial charge in [0.2, 0.25) is 5.91 Å². The molecule has 1 saturated heterocycles. The number of hydrogen-bond donors (Lipinski definition) is 1. The molecule has 0 spiro atoms. The zero-order valence-corrected chi connectivity index (χ0v) is 18.5. The Kier molecular flexibility index (Phi) is 5.64. The molecule has 6 nitrogen and oxygen atoms in total. The number of amides is 1. The number of aromatic nitrogens is 2. The Hall–Kier alpha value is -2.67. The maximum atomic E-state index is 12.5. The summed E-state index contributed by atoms with van der Waals surface area (Å²) in [6.07, 6.45) is 3.25. The molecule has 1 fully saturated rings. The second-order valence-corrected chi connectivity index (χ2v) is 9.84. The summed E-state index contributed by atoms with van der Waals surface area (Å²) >= 11 is 1.43. The summed E-state index contributed by atoms with van der Waals surface area (Å²) < 4.78 is 1.39. The van der Waals surface area contributed by atoms with Gasteiger partial charge < -0.3 is 10.2 Å². The number of nitrogens with one attached hydrogen (secondary N) is 1. The highest BCUT2D eigenvalue weighted by atomic mass is 32.1. The zero-order valence-electron chi connectivity index (χ0n) is 17.7. The van der Waals surface area contributed by atoms with E-state index >= 15 is 0 Å². The van der Waals surface area contributed by atoms with E-state index < -0.39 is 0 Å². The fourth-order valence-electron chi connectivity index (χ4n) is 3.89. The third-order valence-corrected chi connectivity index (χ3v) is 6.54. The normalized spacial score (nSPS) is 15.5. The molecule has 4 rings (SSSR count). The summed E-state index contributed by atoms with van der Waals surface area (Å²) in [5.74, 6) is -0.138. The van der Waals surface area contributed by atoms with E-state index in [4.69, 9.17) is 0 Å². The highest BCUT2D eigenvalue weighted by Gasteiger charge is 2.22. The van der Waals surface area contributed by atoms with Gasteiger partial charge in [-0.3, -0.25) is 14.2 Å². The number of piperidine rings is 1. The van der Waals surface area contributed by atoms with Gasteiger partial charge in [0.1, 0.15) is 11.4 Å². The SMILES string of the molecule is CC(C)(C)c1ccc(N2CCC(NC(=O)Cn3cnc4sccc4c3=O)CC2)cc1. The second kappa shape index (κ2) is 8.22. The highest BCUT2D eigenvalue weighted by Crippen LogP contribution is 2.26. The standard InChI is InChI=1S/C23H28N4O2S/c1-23(2,3)16-4-6-18(7-5-16)26-11-8-17(9-12-26)25-20(28)14-27-15-24-21-19(22(27)29)10-13-30-21/h4-7,10,13,15,17H,8-9,11-12,14H2,1-3H3,(H,25,28). The van der Waals surface area contributed by atoms with Crippen LogP contribution in [-0.4, -0.2) is 34.6 Å². The molecule has 0 unspecified atom stereocenters. The fourth-order valence-corrected chi connectivity index (χ4v) is 4.61. The quantitative estimate of drug-likeness (QED) is 0.696. The molecule has 30 heavy (non-hydrogen) atoms. The highest BCUT2D eigenvalue weighted by molar-refractivity contribution is 7.16.